The van der Waals surface area contributed by atoms with Gasteiger partial charge >= 0.3 is 11.9 Å². The molecule has 3 aliphatic rings. The van der Waals surface area contributed by atoms with Gasteiger partial charge in [0, 0.05) is 6.08 Å². The number of rotatable bonds is 7. The Balaban J connectivity index is 1.33. The van der Waals surface area contributed by atoms with Crippen molar-refractivity contribution >= 4 is 11.9 Å². The van der Waals surface area contributed by atoms with Gasteiger partial charge in [-0.3, -0.25) is 4.79 Å². The molecule has 0 amide bonds. The molecule has 170 valence electrons. The predicted octanol–water partition coefficient (Wildman–Crippen LogP) is 6.37. The van der Waals surface area contributed by atoms with Gasteiger partial charge in [-0.05, 0) is 102 Å². The van der Waals surface area contributed by atoms with Crippen molar-refractivity contribution in [2.75, 3.05) is 0 Å². The highest BCUT2D eigenvalue weighted by Crippen LogP contribution is 2.41. The van der Waals surface area contributed by atoms with Crippen LogP contribution in [-0.4, -0.2) is 24.1 Å². The summed E-state index contributed by atoms with van der Waals surface area (Å²) in [4.78, 5) is 24.3. The van der Waals surface area contributed by atoms with Gasteiger partial charge in [-0.1, -0.05) is 25.8 Å². The van der Waals surface area contributed by atoms with E-state index < -0.39 is 0 Å². The molecule has 0 unspecified atom stereocenters. The first-order chi connectivity index (χ1) is 14.6. The summed E-state index contributed by atoms with van der Waals surface area (Å²) in [5, 5.41) is 0. The fourth-order valence-corrected chi connectivity index (χ4v) is 6.05. The molecule has 0 atom stereocenters. The molecule has 4 nitrogen and oxygen atoms in total. The largest absolute Gasteiger partial charge is 0.462 e. The number of allylic oxidation sites excluding steroid dienone is 1. The Hall–Kier alpha value is -1.32. The minimum absolute atomic E-state index is 0.0759. The summed E-state index contributed by atoms with van der Waals surface area (Å²) >= 11 is 0. The van der Waals surface area contributed by atoms with Crippen molar-refractivity contribution in [2.24, 2.45) is 23.7 Å². The normalized spacial score (nSPS) is 35.1. The molecule has 0 aromatic carbocycles. The van der Waals surface area contributed by atoms with E-state index in [2.05, 4.69) is 6.92 Å². The van der Waals surface area contributed by atoms with E-state index >= 15 is 0 Å². The van der Waals surface area contributed by atoms with Crippen LogP contribution in [0.5, 0.6) is 0 Å². The third-order valence-electron chi connectivity index (χ3n) is 7.85. The zero-order valence-corrected chi connectivity index (χ0v) is 19.2. The van der Waals surface area contributed by atoms with E-state index in [1.165, 1.54) is 31.8 Å². The van der Waals surface area contributed by atoms with Gasteiger partial charge in [-0.2, -0.15) is 0 Å². The Bertz CT molecular complexity index is 560. The highest BCUT2D eigenvalue weighted by molar-refractivity contribution is 5.81. The Morgan fingerprint density at radius 1 is 0.767 bits per heavy atom. The van der Waals surface area contributed by atoms with Gasteiger partial charge in [0.15, 0.2) is 0 Å². The van der Waals surface area contributed by atoms with Gasteiger partial charge < -0.3 is 9.47 Å². The second kappa shape index (κ2) is 11.9. The standard InChI is InChI=1S/C26H42O4/c1-3-5-19-7-15-24(16-8-19)30-26(28)22-11-9-20(10-12-22)21-13-17-23(18-14-21)29-25(27)6-4-2/h4,6,19-24H,3,5,7-18H2,1-2H3/b6-4+. The monoisotopic (exact) mass is 418 g/mol. The zero-order chi connectivity index (χ0) is 21.3. The van der Waals surface area contributed by atoms with Gasteiger partial charge in [0.2, 0.25) is 0 Å². The van der Waals surface area contributed by atoms with Crippen LogP contribution in [0.2, 0.25) is 0 Å². The molecule has 0 bridgehead atoms. The van der Waals surface area contributed by atoms with Crippen LogP contribution in [0, 0.1) is 23.7 Å². The Labute approximate surface area is 183 Å². The molecule has 0 aliphatic heterocycles. The first-order valence-electron chi connectivity index (χ1n) is 12.6. The maximum atomic E-state index is 12.7. The molecule has 30 heavy (non-hydrogen) atoms. The molecule has 3 aliphatic carbocycles. The Kier molecular flexibility index (Phi) is 9.27. The summed E-state index contributed by atoms with van der Waals surface area (Å²) in [6, 6.07) is 0. The summed E-state index contributed by atoms with van der Waals surface area (Å²) in [7, 11) is 0. The van der Waals surface area contributed by atoms with Crippen LogP contribution in [0.25, 0.3) is 0 Å². The average Bonchev–Trinajstić information content (AvgIpc) is 2.76. The average molecular weight is 419 g/mol. The molecule has 0 radical (unpaired) electrons. The van der Waals surface area contributed by atoms with E-state index in [1.807, 2.05) is 6.92 Å². The fourth-order valence-electron chi connectivity index (χ4n) is 6.05. The zero-order valence-electron chi connectivity index (χ0n) is 19.2. The number of hydrogen-bond donors (Lipinski definition) is 0. The molecule has 3 fully saturated rings. The van der Waals surface area contributed by atoms with Crippen LogP contribution < -0.4 is 0 Å². The number of esters is 2. The van der Waals surface area contributed by atoms with Gasteiger partial charge in [0.05, 0.1) is 5.92 Å². The highest BCUT2D eigenvalue weighted by atomic mass is 16.5. The summed E-state index contributed by atoms with van der Waals surface area (Å²) in [5.74, 6) is 2.29. The first-order valence-corrected chi connectivity index (χ1v) is 12.6. The summed E-state index contributed by atoms with van der Waals surface area (Å²) in [6.07, 6.45) is 19.2. The van der Waals surface area contributed by atoms with E-state index in [0.717, 1.165) is 82.0 Å². The lowest BCUT2D eigenvalue weighted by Gasteiger charge is -2.37. The van der Waals surface area contributed by atoms with Crippen molar-refractivity contribution in [3.63, 3.8) is 0 Å². The van der Waals surface area contributed by atoms with Crippen LogP contribution in [0.3, 0.4) is 0 Å². The smallest absolute Gasteiger partial charge is 0.330 e. The van der Waals surface area contributed by atoms with Crippen molar-refractivity contribution < 1.29 is 19.1 Å². The van der Waals surface area contributed by atoms with E-state index in [0.29, 0.717) is 0 Å². The molecule has 0 aromatic rings. The van der Waals surface area contributed by atoms with Gasteiger partial charge in [0.25, 0.3) is 0 Å². The maximum Gasteiger partial charge on any atom is 0.330 e. The highest BCUT2D eigenvalue weighted by Gasteiger charge is 2.35. The summed E-state index contributed by atoms with van der Waals surface area (Å²) in [5.41, 5.74) is 0. The Morgan fingerprint density at radius 3 is 1.87 bits per heavy atom. The molecule has 3 saturated carbocycles. The molecule has 0 N–H and O–H groups in total. The third kappa shape index (κ3) is 6.85. The molecule has 0 heterocycles. The van der Waals surface area contributed by atoms with Crippen LogP contribution >= 0.6 is 0 Å². The van der Waals surface area contributed by atoms with E-state index in [9.17, 15) is 9.59 Å². The lowest BCUT2D eigenvalue weighted by Crippen LogP contribution is -2.33. The van der Waals surface area contributed by atoms with E-state index in [-0.39, 0.29) is 30.1 Å². The second-order valence-corrected chi connectivity index (χ2v) is 9.95. The molecule has 4 heteroatoms. The third-order valence-corrected chi connectivity index (χ3v) is 7.85. The Morgan fingerprint density at radius 2 is 1.30 bits per heavy atom. The topological polar surface area (TPSA) is 52.6 Å². The van der Waals surface area contributed by atoms with Crippen molar-refractivity contribution in [2.45, 2.75) is 116 Å². The van der Waals surface area contributed by atoms with Crippen LogP contribution in [0.4, 0.5) is 0 Å². The first kappa shape index (κ1) is 23.3. The van der Waals surface area contributed by atoms with Crippen LogP contribution in [0.1, 0.15) is 104 Å². The van der Waals surface area contributed by atoms with Gasteiger partial charge in [0.1, 0.15) is 12.2 Å². The van der Waals surface area contributed by atoms with E-state index in [1.54, 1.807) is 6.08 Å². The van der Waals surface area contributed by atoms with Crippen molar-refractivity contribution in [1.29, 1.82) is 0 Å². The molecule has 3 rings (SSSR count). The SMILES string of the molecule is C/C=C/C(=O)OC1CCC(C2CCC(C(=O)OC3CCC(CCC)CC3)CC2)CC1. The molecule has 0 saturated heterocycles. The quantitative estimate of drug-likeness (QED) is 0.356. The van der Waals surface area contributed by atoms with Crippen molar-refractivity contribution in [3.8, 4) is 0 Å². The van der Waals surface area contributed by atoms with Crippen molar-refractivity contribution in [1.82, 2.24) is 0 Å². The number of carbonyl (C=O) groups is 2. The lowest BCUT2D eigenvalue weighted by molar-refractivity contribution is -0.157. The molecule has 0 aromatic heterocycles. The van der Waals surface area contributed by atoms with Gasteiger partial charge in [-0.15, -0.1) is 0 Å². The fraction of sp³-hybridized carbons (Fsp3) is 0.846. The molecular formula is C26H42O4. The second-order valence-electron chi connectivity index (χ2n) is 9.95. The number of ether oxygens (including phenoxy) is 2. The van der Waals surface area contributed by atoms with Crippen molar-refractivity contribution in [3.05, 3.63) is 12.2 Å². The maximum absolute atomic E-state index is 12.7. The number of carbonyl (C=O) groups excluding carboxylic acids is 2. The minimum atomic E-state index is -0.209. The predicted molar refractivity (Wildman–Crippen MR) is 119 cm³/mol. The molecule has 0 spiro atoms. The minimum Gasteiger partial charge on any atom is -0.462 e. The molecular weight excluding hydrogens is 376 g/mol. The van der Waals surface area contributed by atoms with Gasteiger partial charge in [-0.25, -0.2) is 4.79 Å². The summed E-state index contributed by atoms with van der Waals surface area (Å²) in [6.45, 7) is 4.09. The summed E-state index contributed by atoms with van der Waals surface area (Å²) < 4.78 is 11.4. The van der Waals surface area contributed by atoms with Crippen LogP contribution in [-0.2, 0) is 19.1 Å². The lowest BCUT2D eigenvalue weighted by atomic mass is 9.70. The van der Waals surface area contributed by atoms with Crippen LogP contribution in [0.15, 0.2) is 12.2 Å². The van der Waals surface area contributed by atoms with E-state index in [4.69, 9.17) is 9.47 Å². The number of hydrogen-bond acceptors (Lipinski definition) is 4.